The van der Waals surface area contributed by atoms with E-state index in [4.69, 9.17) is 10.2 Å². The zero-order chi connectivity index (χ0) is 14.3. The molecule has 20 heavy (non-hydrogen) atoms. The van der Waals surface area contributed by atoms with Crippen molar-refractivity contribution < 1.29 is 14.0 Å². The van der Waals surface area contributed by atoms with Crippen molar-refractivity contribution in [2.75, 3.05) is 20.1 Å². The molecule has 2 aromatic rings. The lowest BCUT2D eigenvalue weighted by atomic mass is 10.2. The van der Waals surface area contributed by atoms with Crippen LogP contribution < -0.4 is 5.73 Å². The first-order valence-corrected chi connectivity index (χ1v) is 6.36. The Morgan fingerprint density at radius 3 is 2.75 bits per heavy atom. The summed E-state index contributed by atoms with van der Waals surface area (Å²) in [5, 5.41) is 0.953. The standard InChI is InChI=1S/C14H15N3O3/c1-16-8-13(18)17(14(16)19)7-10(15)12-6-9-4-2-3-5-11(9)20-12/h2-6,10H,7-8,15H2,1H3. The van der Waals surface area contributed by atoms with Crippen LogP contribution >= 0.6 is 0 Å². The van der Waals surface area contributed by atoms with Gasteiger partial charge in [-0.3, -0.25) is 9.69 Å². The van der Waals surface area contributed by atoms with Gasteiger partial charge in [-0.25, -0.2) is 4.79 Å². The largest absolute Gasteiger partial charge is 0.459 e. The van der Waals surface area contributed by atoms with Crippen LogP contribution in [0.1, 0.15) is 11.8 Å². The highest BCUT2D eigenvalue weighted by molar-refractivity contribution is 6.01. The maximum absolute atomic E-state index is 11.8. The molecule has 1 aliphatic rings. The molecule has 0 saturated carbocycles. The topological polar surface area (TPSA) is 79.8 Å². The van der Waals surface area contributed by atoms with Gasteiger partial charge in [-0.05, 0) is 12.1 Å². The number of para-hydroxylation sites is 1. The molecule has 1 saturated heterocycles. The number of rotatable bonds is 3. The van der Waals surface area contributed by atoms with Gasteiger partial charge in [0.1, 0.15) is 17.9 Å². The van der Waals surface area contributed by atoms with E-state index < -0.39 is 6.04 Å². The third-order valence-corrected chi connectivity index (χ3v) is 3.42. The van der Waals surface area contributed by atoms with Crippen LogP contribution in [0.15, 0.2) is 34.7 Å². The number of fused-ring (bicyclic) bond motifs is 1. The summed E-state index contributed by atoms with van der Waals surface area (Å²) < 4.78 is 5.65. The van der Waals surface area contributed by atoms with Crippen molar-refractivity contribution in [3.05, 3.63) is 36.1 Å². The number of carbonyl (C=O) groups excluding carboxylic acids is 2. The van der Waals surface area contributed by atoms with Gasteiger partial charge in [0.2, 0.25) is 5.91 Å². The number of furan rings is 1. The summed E-state index contributed by atoms with van der Waals surface area (Å²) in [6, 6.07) is 8.57. The molecule has 1 fully saturated rings. The maximum Gasteiger partial charge on any atom is 0.327 e. The van der Waals surface area contributed by atoms with E-state index in [1.54, 1.807) is 7.05 Å². The quantitative estimate of drug-likeness (QED) is 0.855. The van der Waals surface area contributed by atoms with Crippen molar-refractivity contribution in [2.24, 2.45) is 5.73 Å². The molecule has 1 unspecified atom stereocenters. The normalized spacial score (nSPS) is 17.3. The highest BCUT2D eigenvalue weighted by Gasteiger charge is 2.35. The first kappa shape index (κ1) is 12.7. The van der Waals surface area contributed by atoms with Crippen LogP contribution in [0.2, 0.25) is 0 Å². The highest BCUT2D eigenvalue weighted by atomic mass is 16.3. The second-order valence-corrected chi connectivity index (χ2v) is 4.94. The SMILES string of the molecule is CN1CC(=O)N(CC(N)c2cc3ccccc3o2)C1=O. The van der Waals surface area contributed by atoms with Crippen molar-refractivity contribution >= 4 is 22.9 Å². The fourth-order valence-electron chi connectivity index (χ4n) is 2.32. The smallest absolute Gasteiger partial charge is 0.327 e. The molecule has 0 aliphatic carbocycles. The van der Waals surface area contributed by atoms with E-state index in [0.717, 1.165) is 15.9 Å². The Hall–Kier alpha value is -2.34. The Kier molecular flexibility index (Phi) is 2.94. The molecule has 1 aliphatic heterocycles. The van der Waals surface area contributed by atoms with Crippen LogP contribution in [0.3, 0.4) is 0 Å². The molecular formula is C14H15N3O3. The summed E-state index contributed by atoms with van der Waals surface area (Å²) in [5.74, 6) is 0.338. The van der Waals surface area contributed by atoms with E-state index in [9.17, 15) is 9.59 Å². The van der Waals surface area contributed by atoms with E-state index >= 15 is 0 Å². The van der Waals surface area contributed by atoms with Crippen LogP contribution in [0.25, 0.3) is 11.0 Å². The number of benzene rings is 1. The lowest BCUT2D eigenvalue weighted by Crippen LogP contribution is -2.37. The van der Waals surface area contributed by atoms with Gasteiger partial charge in [-0.15, -0.1) is 0 Å². The van der Waals surface area contributed by atoms with Gasteiger partial charge in [0, 0.05) is 12.4 Å². The number of nitrogens with two attached hydrogens (primary N) is 1. The average molecular weight is 273 g/mol. The van der Waals surface area contributed by atoms with Gasteiger partial charge in [0.15, 0.2) is 0 Å². The van der Waals surface area contributed by atoms with Gasteiger partial charge in [-0.2, -0.15) is 0 Å². The predicted molar refractivity (Wildman–Crippen MR) is 72.9 cm³/mol. The Morgan fingerprint density at radius 1 is 1.35 bits per heavy atom. The number of urea groups is 1. The van der Waals surface area contributed by atoms with Crippen LogP contribution in [-0.2, 0) is 4.79 Å². The third-order valence-electron chi connectivity index (χ3n) is 3.42. The fraction of sp³-hybridized carbons (Fsp3) is 0.286. The van der Waals surface area contributed by atoms with E-state index in [0.29, 0.717) is 5.76 Å². The summed E-state index contributed by atoms with van der Waals surface area (Å²) >= 11 is 0. The Morgan fingerprint density at radius 2 is 2.10 bits per heavy atom. The molecule has 0 spiro atoms. The average Bonchev–Trinajstić information content (AvgIpc) is 2.95. The molecule has 3 amide bonds. The molecule has 3 rings (SSSR count). The van der Waals surface area contributed by atoms with E-state index in [1.807, 2.05) is 30.3 Å². The van der Waals surface area contributed by atoms with E-state index in [1.165, 1.54) is 4.90 Å². The van der Waals surface area contributed by atoms with Crippen LogP contribution in [-0.4, -0.2) is 41.9 Å². The first-order chi connectivity index (χ1) is 9.56. The predicted octanol–water partition coefficient (Wildman–Crippen LogP) is 1.33. The number of amides is 3. The molecule has 1 aromatic heterocycles. The maximum atomic E-state index is 11.8. The van der Waals surface area contributed by atoms with Crippen molar-refractivity contribution in [2.45, 2.75) is 6.04 Å². The molecule has 1 aromatic carbocycles. The first-order valence-electron chi connectivity index (χ1n) is 6.36. The Bertz CT molecular complexity index is 646. The molecule has 6 nitrogen and oxygen atoms in total. The van der Waals surface area contributed by atoms with Gasteiger partial charge >= 0.3 is 6.03 Å². The van der Waals surface area contributed by atoms with Crippen LogP contribution in [0.4, 0.5) is 4.79 Å². The minimum atomic E-state index is -0.526. The summed E-state index contributed by atoms with van der Waals surface area (Å²) in [4.78, 5) is 26.0. The Labute approximate surface area is 115 Å². The molecule has 0 radical (unpaired) electrons. The van der Waals surface area contributed by atoms with Gasteiger partial charge in [-0.1, -0.05) is 18.2 Å². The zero-order valence-electron chi connectivity index (χ0n) is 11.1. The lowest BCUT2D eigenvalue weighted by Gasteiger charge is -2.17. The van der Waals surface area contributed by atoms with Crippen molar-refractivity contribution in [1.29, 1.82) is 0 Å². The number of likely N-dealkylation sites (N-methyl/N-ethyl adjacent to an activating group) is 1. The van der Waals surface area contributed by atoms with Gasteiger partial charge < -0.3 is 15.1 Å². The molecule has 2 N–H and O–H groups in total. The second kappa shape index (κ2) is 4.64. The van der Waals surface area contributed by atoms with Crippen molar-refractivity contribution in [3.8, 4) is 0 Å². The lowest BCUT2D eigenvalue weighted by molar-refractivity contribution is -0.125. The van der Waals surface area contributed by atoms with Gasteiger partial charge in [0.05, 0.1) is 12.6 Å². The molecule has 0 bridgehead atoms. The van der Waals surface area contributed by atoms with Crippen molar-refractivity contribution in [3.63, 3.8) is 0 Å². The number of nitrogens with zero attached hydrogens (tertiary/aromatic N) is 2. The summed E-state index contributed by atoms with van der Waals surface area (Å²) in [7, 11) is 1.59. The van der Waals surface area contributed by atoms with E-state index in [2.05, 4.69) is 0 Å². The zero-order valence-corrected chi connectivity index (χ0v) is 11.1. The summed E-state index contributed by atoms with van der Waals surface area (Å²) in [5.41, 5.74) is 6.79. The highest BCUT2D eigenvalue weighted by Crippen LogP contribution is 2.24. The number of imide groups is 1. The number of carbonyl (C=O) groups is 2. The van der Waals surface area contributed by atoms with Gasteiger partial charge in [0.25, 0.3) is 0 Å². The number of hydrogen-bond acceptors (Lipinski definition) is 4. The van der Waals surface area contributed by atoms with Crippen LogP contribution in [0.5, 0.6) is 0 Å². The summed E-state index contributed by atoms with van der Waals surface area (Å²) in [6.45, 7) is 0.230. The fourth-order valence-corrected chi connectivity index (χ4v) is 2.32. The third kappa shape index (κ3) is 2.04. The minimum Gasteiger partial charge on any atom is -0.459 e. The second-order valence-electron chi connectivity index (χ2n) is 4.94. The van der Waals surface area contributed by atoms with Crippen molar-refractivity contribution in [1.82, 2.24) is 9.80 Å². The minimum absolute atomic E-state index is 0.103. The molecule has 1 atom stereocenters. The summed E-state index contributed by atoms with van der Waals surface area (Å²) in [6.07, 6.45) is 0. The molecule has 2 heterocycles. The molecule has 6 heteroatoms. The van der Waals surface area contributed by atoms with Crippen LogP contribution in [0, 0.1) is 0 Å². The molecule has 104 valence electrons. The monoisotopic (exact) mass is 273 g/mol. The number of hydrogen-bond donors (Lipinski definition) is 1. The van der Waals surface area contributed by atoms with E-state index in [-0.39, 0.29) is 25.0 Å². The molecular weight excluding hydrogens is 258 g/mol. The Balaban J connectivity index is 1.81.